The number of carbonyl (C=O) groups is 1. The summed E-state index contributed by atoms with van der Waals surface area (Å²) in [5, 5.41) is 4.82. The van der Waals surface area contributed by atoms with Gasteiger partial charge in [-0.15, -0.1) is 11.6 Å². The van der Waals surface area contributed by atoms with Crippen molar-refractivity contribution in [2.24, 2.45) is 0 Å². The van der Waals surface area contributed by atoms with Gasteiger partial charge in [0, 0.05) is 43.2 Å². The van der Waals surface area contributed by atoms with E-state index in [1.165, 1.54) is 0 Å². The molecule has 2 aromatic rings. The van der Waals surface area contributed by atoms with Crippen LogP contribution >= 0.6 is 11.6 Å². The van der Waals surface area contributed by atoms with Crippen molar-refractivity contribution in [1.29, 1.82) is 0 Å². The van der Waals surface area contributed by atoms with Crippen LogP contribution in [0.1, 0.15) is 34.9 Å². The molecular formula is C23H29ClN4O5S. The van der Waals surface area contributed by atoms with Crippen LogP contribution in [-0.4, -0.2) is 92.8 Å². The molecule has 3 aliphatic heterocycles. The van der Waals surface area contributed by atoms with Gasteiger partial charge in [0.05, 0.1) is 42.7 Å². The molecule has 2 fully saturated rings. The Morgan fingerprint density at radius 3 is 2.79 bits per heavy atom. The van der Waals surface area contributed by atoms with Gasteiger partial charge in [-0.2, -0.15) is 5.10 Å². The molecular weight excluding hydrogens is 480 g/mol. The van der Waals surface area contributed by atoms with E-state index in [4.69, 9.17) is 26.2 Å². The summed E-state index contributed by atoms with van der Waals surface area (Å²) in [4.78, 5) is 17.8. The monoisotopic (exact) mass is 508 g/mol. The van der Waals surface area contributed by atoms with Gasteiger partial charge in [0.15, 0.2) is 15.5 Å². The molecule has 0 aliphatic carbocycles. The Kier molecular flexibility index (Phi) is 6.58. The Morgan fingerprint density at radius 2 is 2.06 bits per heavy atom. The number of piperidine rings is 1. The van der Waals surface area contributed by atoms with Gasteiger partial charge in [-0.05, 0) is 37.6 Å². The van der Waals surface area contributed by atoms with Gasteiger partial charge in [-0.3, -0.25) is 9.48 Å². The van der Waals surface area contributed by atoms with Crippen LogP contribution in [0.3, 0.4) is 0 Å². The smallest absolute Gasteiger partial charge is 0.274 e. The Balaban J connectivity index is 1.67. The number of aromatic nitrogens is 2. The van der Waals surface area contributed by atoms with Crippen molar-refractivity contribution < 1.29 is 22.7 Å². The molecule has 0 radical (unpaired) electrons. The van der Waals surface area contributed by atoms with Crippen molar-refractivity contribution in [1.82, 2.24) is 19.6 Å². The first-order chi connectivity index (χ1) is 16.4. The molecule has 5 rings (SSSR count). The van der Waals surface area contributed by atoms with Gasteiger partial charge in [-0.1, -0.05) is 0 Å². The number of methoxy groups -OCH3 is 1. The highest BCUT2D eigenvalue weighted by Gasteiger charge is 2.39. The summed E-state index contributed by atoms with van der Waals surface area (Å²) in [7, 11) is -2.08. The first kappa shape index (κ1) is 23.6. The number of benzene rings is 1. The van der Waals surface area contributed by atoms with E-state index in [1.807, 2.05) is 4.68 Å². The van der Waals surface area contributed by atoms with E-state index in [2.05, 4.69) is 4.90 Å². The Hall–Kier alpha value is -2.14. The average Bonchev–Trinajstić information content (AvgIpc) is 3.23. The third-order valence-corrected chi connectivity index (χ3v) is 8.71. The lowest BCUT2D eigenvalue weighted by molar-refractivity contribution is 0.0297. The second-order valence-corrected chi connectivity index (χ2v) is 11.3. The number of ether oxygens (including phenoxy) is 2. The normalized spacial score (nSPS) is 22.2. The van der Waals surface area contributed by atoms with E-state index in [0.29, 0.717) is 54.8 Å². The number of halogens is 1. The summed E-state index contributed by atoms with van der Waals surface area (Å²) in [6.45, 7) is 4.34. The molecule has 9 nitrogen and oxygen atoms in total. The molecule has 0 saturated carbocycles. The topological polar surface area (TPSA) is 94.0 Å². The number of rotatable bonds is 5. The minimum atomic E-state index is -3.64. The number of alkyl halides is 1. The lowest BCUT2D eigenvalue weighted by Crippen LogP contribution is -2.41. The van der Waals surface area contributed by atoms with Crippen LogP contribution in [0.4, 0.5) is 0 Å². The lowest BCUT2D eigenvalue weighted by Gasteiger charge is -2.33. The zero-order chi connectivity index (χ0) is 23.9. The highest BCUT2D eigenvalue weighted by Crippen LogP contribution is 2.43. The number of sulfone groups is 1. The Labute approximate surface area is 204 Å². The van der Waals surface area contributed by atoms with Gasteiger partial charge >= 0.3 is 0 Å². The van der Waals surface area contributed by atoms with Gasteiger partial charge in [-0.25, -0.2) is 8.42 Å². The first-order valence-electron chi connectivity index (χ1n) is 11.6. The summed E-state index contributed by atoms with van der Waals surface area (Å²) in [6, 6.07) is 5.00. The molecule has 1 aromatic carbocycles. The number of hydrogen-bond acceptors (Lipinski definition) is 7. The summed E-state index contributed by atoms with van der Waals surface area (Å²) < 4.78 is 39.2. The molecule has 34 heavy (non-hydrogen) atoms. The molecule has 184 valence electrons. The fourth-order valence-electron chi connectivity index (χ4n) is 5.16. The predicted molar refractivity (Wildman–Crippen MR) is 127 cm³/mol. The predicted octanol–water partition coefficient (Wildman–Crippen LogP) is 2.19. The standard InChI is InChI=1S/C23H29ClN4O5S/c1-32-17-4-5-20-18(13-17)22-19(15-34(20,30)31)21(23(29)27-9-11-33-12-10-27)25-28(22)16-3-2-7-26(14-16)8-6-24/h4-5,13,16H,2-3,6-12,14-15H2,1H3. The Morgan fingerprint density at radius 1 is 1.26 bits per heavy atom. The quantitative estimate of drug-likeness (QED) is 0.571. The number of likely N-dealkylation sites (tertiary alicyclic amines) is 1. The van der Waals surface area contributed by atoms with Gasteiger partial charge in [0.1, 0.15) is 5.75 Å². The zero-order valence-electron chi connectivity index (χ0n) is 19.2. The minimum absolute atomic E-state index is 0.0109. The van der Waals surface area contributed by atoms with Crippen molar-refractivity contribution in [3.05, 3.63) is 29.5 Å². The van der Waals surface area contributed by atoms with E-state index in [1.54, 1.807) is 30.2 Å². The number of morpholine rings is 1. The molecule has 0 bridgehead atoms. The van der Waals surface area contributed by atoms with Crippen LogP contribution in [0.5, 0.6) is 5.75 Å². The van der Waals surface area contributed by atoms with Crippen LogP contribution in [0.25, 0.3) is 11.3 Å². The largest absolute Gasteiger partial charge is 0.497 e. The SMILES string of the molecule is COc1ccc2c(c1)-c1c(c(C(=O)N3CCOCC3)nn1C1CCCN(CCCl)C1)CS2(=O)=O. The molecule has 1 unspecified atom stereocenters. The van der Waals surface area contributed by atoms with Crippen LogP contribution < -0.4 is 4.74 Å². The summed E-state index contributed by atoms with van der Waals surface area (Å²) in [6.07, 6.45) is 1.87. The summed E-state index contributed by atoms with van der Waals surface area (Å²) >= 11 is 6.00. The number of hydrogen-bond donors (Lipinski definition) is 0. The minimum Gasteiger partial charge on any atom is -0.497 e. The fourth-order valence-corrected chi connectivity index (χ4v) is 6.97. The maximum absolute atomic E-state index is 13.5. The van der Waals surface area contributed by atoms with Crippen LogP contribution in [0, 0.1) is 0 Å². The number of amides is 1. The van der Waals surface area contributed by atoms with Crippen molar-refractivity contribution in [2.75, 3.05) is 58.9 Å². The second-order valence-electron chi connectivity index (χ2n) is 8.93. The molecule has 1 amide bonds. The number of carbonyl (C=O) groups excluding carboxylic acids is 1. The van der Waals surface area contributed by atoms with E-state index < -0.39 is 9.84 Å². The van der Waals surface area contributed by atoms with Crippen LogP contribution in [0.2, 0.25) is 0 Å². The summed E-state index contributed by atoms with van der Waals surface area (Å²) in [5.74, 6) is 0.616. The average molecular weight is 509 g/mol. The van der Waals surface area contributed by atoms with Crippen molar-refractivity contribution in [3.63, 3.8) is 0 Å². The molecule has 11 heteroatoms. The fraction of sp³-hybridized carbons (Fsp3) is 0.565. The maximum Gasteiger partial charge on any atom is 0.274 e. The van der Waals surface area contributed by atoms with Gasteiger partial charge in [0.25, 0.3) is 5.91 Å². The van der Waals surface area contributed by atoms with Crippen LogP contribution in [0.15, 0.2) is 23.1 Å². The van der Waals surface area contributed by atoms with Gasteiger partial charge < -0.3 is 19.3 Å². The molecule has 0 N–H and O–H groups in total. The van der Waals surface area contributed by atoms with Crippen molar-refractivity contribution in [2.45, 2.75) is 29.5 Å². The highest BCUT2D eigenvalue weighted by molar-refractivity contribution is 7.90. The van der Waals surface area contributed by atoms with E-state index in [9.17, 15) is 13.2 Å². The molecule has 3 aliphatic rings. The molecule has 2 saturated heterocycles. The van der Waals surface area contributed by atoms with Gasteiger partial charge in [0.2, 0.25) is 0 Å². The maximum atomic E-state index is 13.5. The Bertz CT molecular complexity index is 1190. The van der Waals surface area contributed by atoms with E-state index in [-0.39, 0.29) is 28.3 Å². The molecule has 1 atom stereocenters. The highest BCUT2D eigenvalue weighted by atomic mass is 35.5. The third kappa shape index (κ3) is 4.21. The lowest BCUT2D eigenvalue weighted by atomic mass is 10.0. The molecule has 4 heterocycles. The summed E-state index contributed by atoms with van der Waals surface area (Å²) in [5.41, 5.74) is 1.96. The van der Waals surface area contributed by atoms with E-state index in [0.717, 1.165) is 32.5 Å². The van der Waals surface area contributed by atoms with Crippen molar-refractivity contribution in [3.8, 4) is 17.0 Å². The first-order valence-corrected chi connectivity index (χ1v) is 13.8. The molecule has 0 spiro atoms. The van der Waals surface area contributed by atoms with Crippen LogP contribution in [-0.2, 0) is 20.3 Å². The molecule has 1 aromatic heterocycles. The third-order valence-electron chi connectivity index (χ3n) is 6.85. The van der Waals surface area contributed by atoms with Crippen molar-refractivity contribution >= 4 is 27.3 Å². The van der Waals surface area contributed by atoms with E-state index >= 15 is 0 Å². The number of nitrogens with zero attached hydrogens (tertiary/aromatic N) is 4. The zero-order valence-corrected chi connectivity index (χ0v) is 20.8. The second kappa shape index (κ2) is 9.49. The number of fused-ring (bicyclic) bond motifs is 3.